The maximum atomic E-state index is 3.48. The fourth-order valence-corrected chi connectivity index (χ4v) is 4.80. The monoisotopic (exact) mass is 296 g/mol. The van der Waals surface area contributed by atoms with Crippen LogP contribution in [0.5, 0.6) is 0 Å². The largest absolute Gasteiger partial charge is 0.132 e. The van der Waals surface area contributed by atoms with E-state index in [1.165, 1.54) is 18.3 Å². The molecule has 0 aliphatic rings. The summed E-state index contributed by atoms with van der Waals surface area (Å²) in [5.74, 6) is 0. The van der Waals surface area contributed by atoms with Crippen LogP contribution in [0.1, 0.15) is 0 Å². The van der Waals surface area contributed by atoms with E-state index in [1.807, 2.05) is 0 Å². The van der Waals surface area contributed by atoms with Gasteiger partial charge in [0.05, 0.1) is 4.01 Å². The first kappa shape index (κ1) is 7.28. The lowest BCUT2D eigenvalue weighted by molar-refractivity contribution is 1.93. The van der Waals surface area contributed by atoms with Gasteiger partial charge in [-0.25, -0.2) is 0 Å². The Balaban J connectivity index is 2.98. The van der Waals surface area contributed by atoms with E-state index < -0.39 is 0 Å². The average Bonchev–Trinajstić information content (AvgIpc) is 2.40. The molecule has 0 fully saturated rings. The Labute approximate surface area is 83.1 Å². The number of thiophene rings is 2. The van der Waals surface area contributed by atoms with Crippen LogP contribution in [0.2, 0.25) is 0 Å². The summed E-state index contributed by atoms with van der Waals surface area (Å²) in [5.41, 5.74) is 0. The smallest absolute Gasteiger partial charge is 0.0888 e. The third-order valence-electron chi connectivity index (χ3n) is 1.22. The third-order valence-corrected chi connectivity index (χ3v) is 5.20. The standard InChI is InChI=1S/C6H2Br2S2/c7-3-1-9-6-5(3)4(8)2-10-6/h1-2H. The normalized spacial score (nSPS) is 11.0. The lowest BCUT2D eigenvalue weighted by atomic mass is 10.4. The Bertz CT molecular complexity index is 329. The van der Waals surface area contributed by atoms with E-state index in [1.54, 1.807) is 22.7 Å². The van der Waals surface area contributed by atoms with Gasteiger partial charge in [0.15, 0.2) is 0 Å². The first-order chi connectivity index (χ1) is 4.79. The minimum absolute atomic E-state index is 1.20. The Hall–Kier alpha value is 0.620. The lowest BCUT2D eigenvalue weighted by Crippen LogP contribution is -1.53. The second-order valence-corrected chi connectivity index (χ2v) is 5.56. The number of halogens is 2. The minimum atomic E-state index is 1.20. The average molecular weight is 298 g/mol. The molecule has 0 aliphatic carbocycles. The molecular formula is C6H2Br2S2. The van der Waals surface area contributed by atoms with Gasteiger partial charge in [-0.3, -0.25) is 0 Å². The van der Waals surface area contributed by atoms with E-state index in [0.717, 1.165) is 0 Å². The van der Waals surface area contributed by atoms with Crippen LogP contribution in [0.15, 0.2) is 19.7 Å². The molecule has 10 heavy (non-hydrogen) atoms. The summed E-state index contributed by atoms with van der Waals surface area (Å²) in [4.78, 5) is 0. The molecule has 0 nitrogen and oxygen atoms in total. The van der Waals surface area contributed by atoms with Gasteiger partial charge in [0.25, 0.3) is 0 Å². The number of hydrogen-bond donors (Lipinski definition) is 0. The molecule has 0 saturated carbocycles. The maximum Gasteiger partial charge on any atom is 0.0888 e. The van der Waals surface area contributed by atoms with Gasteiger partial charge < -0.3 is 0 Å². The molecule has 0 saturated heterocycles. The van der Waals surface area contributed by atoms with Crippen LogP contribution in [0.25, 0.3) is 9.40 Å². The van der Waals surface area contributed by atoms with Gasteiger partial charge in [-0.1, -0.05) is 0 Å². The van der Waals surface area contributed by atoms with E-state index in [9.17, 15) is 0 Å². The van der Waals surface area contributed by atoms with Crippen LogP contribution in [0.3, 0.4) is 0 Å². The number of rotatable bonds is 0. The van der Waals surface area contributed by atoms with E-state index in [0.29, 0.717) is 0 Å². The first-order valence-electron chi connectivity index (χ1n) is 2.58. The van der Waals surface area contributed by atoms with Crippen molar-refractivity contribution < 1.29 is 0 Å². The van der Waals surface area contributed by atoms with Gasteiger partial charge >= 0.3 is 0 Å². The molecule has 0 aliphatic heterocycles. The second kappa shape index (κ2) is 2.59. The predicted octanol–water partition coefficient (Wildman–Crippen LogP) is 4.49. The van der Waals surface area contributed by atoms with E-state index >= 15 is 0 Å². The first-order valence-corrected chi connectivity index (χ1v) is 5.93. The Morgan fingerprint density at radius 2 is 1.50 bits per heavy atom. The van der Waals surface area contributed by atoms with Crippen molar-refractivity contribution >= 4 is 63.9 Å². The van der Waals surface area contributed by atoms with Gasteiger partial charge in [0, 0.05) is 25.1 Å². The van der Waals surface area contributed by atoms with Crippen molar-refractivity contribution in [3.05, 3.63) is 19.7 Å². The number of hydrogen-bond acceptors (Lipinski definition) is 2. The summed E-state index contributed by atoms with van der Waals surface area (Å²) in [6, 6.07) is 0. The molecule has 0 radical (unpaired) electrons. The summed E-state index contributed by atoms with van der Waals surface area (Å²) in [6.45, 7) is 0. The molecule has 2 rings (SSSR count). The van der Waals surface area contributed by atoms with Crippen LogP contribution < -0.4 is 0 Å². The summed E-state index contributed by atoms with van der Waals surface area (Å²) in [6.07, 6.45) is 0. The third kappa shape index (κ3) is 0.978. The van der Waals surface area contributed by atoms with E-state index in [4.69, 9.17) is 0 Å². The number of fused-ring (bicyclic) bond motifs is 1. The summed E-state index contributed by atoms with van der Waals surface area (Å²) in [7, 11) is 0. The Morgan fingerprint density at radius 1 is 1.00 bits per heavy atom. The Morgan fingerprint density at radius 3 is 1.90 bits per heavy atom. The van der Waals surface area contributed by atoms with Gasteiger partial charge in [-0.15, -0.1) is 22.7 Å². The lowest BCUT2D eigenvalue weighted by Gasteiger charge is -1.80. The quantitative estimate of drug-likeness (QED) is 0.672. The Kier molecular flexibility index (Phi) is 1.88. The zero-order chi connectivity index (χ0) is 7.14. The molecule has 0 aromatic carbocycles. The second-order valence-electron chi connectivity index (χ2n) is 1.83. The predicted molar refractivity (Wildman–Crippen MR) is 55.1 cm³/mol. The van der Waals surface area contributed by atoms with Crippen molar-refractivity contribution in [3.8, 4) is 0 Å². The van der Waals surface area contributed by atoms with Crippen molar-refractivity contribution in [3.63, 3.8) is 0 Å². The van der Waals surface area contributed by atoms with Crippen LogP contribution in [0.4, 0.5) is 0 Å². The fraction of sp³-hybridized carbons (Fsp3) is 0. The van der Waals surface area contributed by atoms with Crippen molar-refractivity contribution in [1.82, 2.24) is 0 Å². The molecule has 2 heterocycles. The fourth-order valence-electron chi connectivity index (χ4n) is 0.783. The van der Waals surface area contributed by atoms with Crippen LogP contribution in [0, 0.1) is 0 Å². The molecule has 4 heteroatoms. The molecule has 2 aromatic heterocycles. The highest BCUT2D eigenvalue weighted by atomic mass is 79.9. The minimum Gasteiger partial charge on any atom is -0.132 e. The molecule has 0 bridgehead atoms. The van der Waals surface area contributed by atoms with Crippen LogP contribution in [-0.2, 0) is 0 Å². The summed E-state index contributed by atoms with van der Waals surface area (Å²) in [5, 5.41) is 5.55. The molecular weight excluding hydrogens is 296 g/mol. The molecule has 0 unspecified atom stereocenters. The summed E-state index contributed by atoms with van der Waals surface area (Å²) < 4.78 is 3.76. The van der Waals surface area contributed by atoms with Crippen LogP contribution >= 0.6 is 54.5 Å². The van der Waals surface area contributed by atoms with Crippen molar-refractivity contribution in [2.24, 2.45) is 0 Å². The molecule has 52 valence electrons. The van der Waals surface area contributed by atoms with E-state index in [-0.39, 0.29) is 0 Å². The van der Waals surface area contributed by atoms with Crippen molar-refractivity contribution in [2.45, 2.75) is 0 Å². The highest BCUT2D eigenvalue weighted by Crippen LogP contribution is 2.39. The van der Waals surface area contributed by atoms with Crippen LogP contribution in [-0.4, -0.2) is 0 Å². The maximum absolute atomic E-state index is 3.48. The molecule has 0 amide bonds. The van der Waals surface area contributed by atoms with Crippen molar-refractivity contribution in [2.75, 3.05) is 0 Å². The van der Waals surface area contributed by atoms with E-state index in [2.05, 4.69) is 42.6 Å². The molecule has 2 aromatic rings. The topological polar surface area (TPSA) is 0 Å². The molecule has 0 spiro atoms. The van der Waals surface area contributed by atoms with Gasteiger partial charge in [-0.05, 0) is 31.9 Å². The molecule has 0 atom stereocenters. The van der Waals surface area contributed by atoms with Gasteiger partial charge in [-0.2, -0.15) is 0 Å². The van der Waals surface area contributed by atoms with Crippen molar-refractivity contribution in [1.29, 1.82) is 0 Å². The molecule has 0 N–H and O–H groups in total. The highest BCUT2D eigenvalue weighted by Gasteiger charge is 2.06. The van der Waals surface area contributed by atoms with Gasteiger partial charge in [0.1, 0.15) is 0 Å². The zero-order valence-electron chi connectivity index (χ0n) is 4.73. The van der Waals surface area contributed by atoms with Gasteiger partial charge in [0.2, 0.25) is 0 Å². The summed E-state index contributed by atoms with van der Waals surface area (Å²) >= 11 is 10.5. The zero-order valence-corrected chi connectivity index (χ0v) is 9.53. The SMILES string of the molecule is Brc1csc2scc(Br)c12. The highest BCUT2D eigenvalue weighted by molar-refractivity contribution is 9.11.